The zero-order valence-electron chi connectivity index (χ0n) is 12.7. The SMILES string of the molecule is O=C(NC1(c2ccc(Cl)cc2)CCCCC1)C1CNCCO1. The average Bonchev–Trinajstić information content (AvgIpc) is 2.57. The summed E-state index contributed by atoms with van der Waals surface area (Å²) in [6, 6.07) is 7.87. The van der Waals surface area contributed by atoms with Crippen LogP contribution in [0.2, 0.25) is 5.02 Å². The van der Waals surface area contributed by atoms with E-state index in [-0.39, 0.29) is 17.6 Å². The molecule has 5 heteroatoms. The maximum absolute atomic E-state index is 12.6. The number of amides is 1. The molecular weight excluding hydrogens is 300 g/mol. The summed E-state index contributed by atoms with van der Waals surface area (Å²) >= 11 is 6.01. The number of morpholine rings is 1. The first-order valence-corrected chi connectivity index (χ1v) is 8.48. The van der Waals surface area contributed by atoms with Crippen molar-refractivity contribution in [1.29, 1.82) is 0 Å². The van der Waals surface area contributed by atoms with E-state index in [0.717, 1.165) is 42.8 Å². The molecule has 2 N–H and O–H groups in total. The van der Waals surface area contributed by atoms with Crippen molar-refractivity contribution in [1.82, 2.24) is 10.6 Å². The lowest BCUT2D eigenvalue weighted by molar-refractivity contribution is -0.136. The quantitative estimate of drug-likeness (QED) is 0.899. The predicted octanol–water partition coefficient (Wildman–Crippen LogP) is 2.60. The lowest BCUT2D eigenvalue weighted by Crippen LogP contribution is -2.54. The first kappa shape index (κ1) is 15.8. The van der Waals surface area contributed by atoms with Crippen LogP contribution >= 0.6 is 11.6 Å². The van der Waals surface area contributed by atoms with Gasteiger partial charge in [-0.3, -0.25) is 4.79 Å². The van der Waals surface area contributed by atoms with Gasteiger partial charge in [0.05, 0.1) is 12.1 Å². The molecule has 1 aromatic carbocycles. The fourth-order valence-electron chi connectivity index (χ4n) is 3.46. The number of carbonyl (C=O) groups is 1. The number of halogens is 1. The van der Waals surface area contributed by atoms with E-state index in [0.29, 0.717) is 13.2 Å². The van der Waals surface area contributed by atoms with Crippen molar-refractivity contribution in [2.24, 2.45) is 0 Å². The molecule has 1 saturated carbocycles. The maximum atomic E-state index is 12.6. The summed E-state index contributed by atoms with van der Waals surface area (Å²) in [4.78, 5) is 12.6. The summed E-state index contributed by atoms with van der Waals surface area (Å²) < 4.78 is 5.59. The van der Waals surface area contributed by atoms with Gasteiger partial charge in [-0.05, 0) is 30.5 Å². The summed E-state index contributed by atoms with van der Waals surface area (Å²) in [6.45, 7) is 1.99. The number of benzene rings is 1. The molecule has 0 bridgehead atoms. The van der Waals surface area contributed by atoms with Crippen molar-refractivity contribution in [3.05, 3.63) is 34.9 Å². The van der Waals surface area contributed by atoms with E-state index in [4.69, 9.17) is 16.3 Å². The van der Waals surface area contributed by atoms with Crippen molar-refractivity contribution in [2.45, 2.75) is 43.7 Å². The summed E-state index contributed by atoms with van der Waals surface area (Å²) in [7, 11) is 0. The minimum atomic E-state index is -0.389. The first-order valence-electron chi connectivity index (χ1n) is 8.10. The number of nitrogens with one attached hydrogen (secondary N) is 2. The van der Waals surface area contributed by atoms with Crippen LogP contribution in [-0.4, -0.2) is 31.7 Å². The van der Waals surface area contributed by atoms with Crippen molar-refractivity contribution >= 4 is 17.5 Å². The molecule has 1 unspecified atom stereocenters. The molecule has 1 amide bonds. The van der Waals surface area contributed by atoms with Crippen molar-refractivity contribution < 1.29 is 9.53 Å². The van der Waals surface area contributed by atoms with E-state index >= 15 is 0 Å². The fourth-order valence-corrected chi connectivity index (χ4v) is 3.59. The molecule has 3 rings (SSSR count). The monoisotopic (exact) mass is 322 g/mol. The molecule has 1 atom stereocenters. The highest BCUT2D eigenvalue weighted by molar-refractivity contribution is 6.30. The van der Waals surface area contributed by atoms with Crippen LogP contribution in [0.4, 0.5) is 0 Å². The van der Waals surface area contributed by atoms with Gasteiger partial charge in [0.15, 0.2) is 0 Å². The Morgan fingerprint density at radius 1 is 1.23 bits per heavy atom. The summed E-state index contributed by atoms with van der Waals surface area (Å²) in [5, 5.41) is 7.22. The molecule has 1 aliphatic carbocycles. The molecule has 2 fully saturated rings. The van der Waals surface area contributed by atoms with E-state index in [1.54, 1.807) is 0 Å². The third-order valence-corrected chi connectivity index (χ3v) is 4.94. The van der Waals surface area contributed by atoms with Crippen LogP contribution in [-0.2, 0) is 15.1 Å². The second kappa shape index (κ2) is 6.99. The van der Waals surface area contributed by atoms with Crippen LogP contribution in [0.25, 0.3) is 0 Å². The van der Waals surface area contributed by atoms with Crippen LogP contribution < -0.4 is 10.6 Å². The molecule has 4 nitrogen and oxygen atoms in total. The minimum Gasteiger partial charge on any atom is -0.366 e. The third kappa shape index (κ3) is 3.45. The Morgan fingerprint density at radius 3 is 2.59 bits per heavy atom. The smallest absolute Gasteiger partial charge is 0.251 e. The highest BCUT2D eigenvalue weighted by atomic mass is 35.5. The summed E-state index contributed by atoms with van der Waals surface area (Å²) in [5.41, 5.74) is 0.870. The van der Waals surface area contributed by atoms with Crippen molar-refractivity contribution in [3.63, 3.8) is 0 Å². The van der Waals surface area contributed by atoms with Gasteiger partial charge < -0.3 is 15.4 Å². The van der Waals surface area contributed by atoms with Gasteiger partial charge in [0.25, 0.3) is 5.91 Å². The van der Waals surface area contributed by atoms with Crippen molar-refractivity contribution in [3.8, 4) is 0 Å². The van der Waals surface area contributed by atoms with Gasteiger partial charge in [0.1, 0.15) is 6.10 Å². The summed E-state index contributed by atoms with van der Waals surface area (Å²) in [6.07, 6.45) is 5.05. The van der Waals surface area contributed by atoms with E-state index in [1.165, 1.54) is 6.42 Å². The van der Waals surface area contributed by atoms with Gasteiger partial charge in [0, 0.05) is 18.1 Å². The number of ether oxygens (including phenoxy) is 1. The Hall–Kier alpha value is -1.10. The molecule has 0 aromatic heterocycles. The Kier molecular flexibility index (Phi) is 5.01. The summed E-state index contributed by atoms with van der Waals surface area (Å²) in [5.74, 6) is -0.0101. The van der Waals surface area contributed by atoms with Gasteiger partial charge in [-0.1, -0.05) is 43.0 Å². The van der Waals surface area contributed by atoms with Crippen LogP contribution in [0.15, 0.2) is 24.3 Å². The van der Waals surface area contributed by atoms with Crippen molar-refractivity contribution in [2.75, 3.05) is 19.7 Å². The lowest BCUT2D eigenvalue weighted by Gasteiger charge is -2.40. The second-order valence-electron chi connectivity index (χ2n) is 6.20. The number of hydrogen-bond acceptors (Lipinski definition) is 3. The largest absolute Gasteiger partial charge is 0.366 e. The fraction of sp³-hybridized carbons (Fsp3) is 0.588. The van der Waals surface area contributed by atoms with Crippen LogP contribution in [0.1, 0.15) is 37.7 Å². The Morgan fingerprint density at radius 2 is 1.95 bits per heavy atom. The zero-order chi connectivity index (χ0) is 15.4. The number of hydrogen-bond donors (Lipinski definition) is 2. The van der Waals surface area contributed by atoms with Gasteiger partial charge in [0.2, 0.25) is 0 Å². The second-order valence-corrected chi connectivity index (χ2v) is 6.64. The normalized spacial score (nSPS) is 24.7. The van der Waals surface area contributed by atoms with E-state index in [1.807, 2.05) is 24.3 Å². The Balaban J connectivity index is 1.79. The molecule has 2 aliphatic rings. The minimum absolute atomic E-state index is 0.0101. The molecular formula is C17H23ClN2O2. The molecule has 1 aliphatic heterocycles. The van der Waals surface area contributed by atoms with E-state index in [9.17, 15) is 4.79 Å². The highest BCUT2D eigenvalue weighted by Crippen LogP contribution is 2.37. The first-order chi connectivity index (χ1) is 10.7. The van der Waals surface area contributed by atoms with Gasteiger partial charge >= 0.3 is 0 Å². The van der Waals surface area contributed by atoms with Gasteiger partial charge in [-0.2, -0.15) is 0 Å². The number of carbonyl (C=O) groups excluding carboxylic acids is 1. The molecule has 0 spiro atoms. The van der Waals surface area contributed by atoms with Crippen LogP contribution in [0.5, 0.6) is 0 Å². The van der Waals surface area contributed by atoms with Gasteiger partial charge in [-0.25, -0.2) is 0 Å². The molecule has 1 saturated heterocycles. The Bertz CT molecular complexity index is 506. The highest BCUT2D eigenvalue weighted by Gasteiger charge is 2.37. The zero-order valence-corrected chi connectivity index (χ0v) is 13.5. The van der Waals surface area contributed by atoms with Crippen LogP contribution in [0.3, 0.4) is 0 Å². The topological polar surface area (TPSA) is 50.4 Å². The van der Waals surface area contributed by atoms with E-state index < -0.39 is 0 Å². The Labute approximate surface area is 136 Å². The third-order valence-electron chi connectivity index (χ3n) is 4.69. The van der Waals surface area contributed by atoms with E-state index in [2.05, 4.69) is 10.6 Å². The van der Waals surface area contributed by atoms with Gasteiger partial charge in [-0.15, -0.1) is 0 Å². The maximum Gasteiger partial charge on any atom is 0.251 e. The molecule has 120 valence electrons. The standard InChI is InChI=1S/C17H23ClN2O2/c18-14-6-4-13(5-7-14)17(8-2-1-3-9-17)20-16(21)15-12-19-10-11-22-15/h4-7,15,19H,1-3,8-12H2,(H,20,21). The molecule has 22 heavy (non-hydrogen) atoms. The molecule has 1 heterocycles. The molecule has 0 radical (unpaired) electrons. The molecule has 1 aromatic rings. The lowest BCUT2D eigenvalue weighted by atomic mass is 9.76. The number of rotatable bonds is 3. The van der Waals surface area contributed by atoms with Crippen LogP contribution in [0, 0.1) is 0 Å². The predicted molar refractivity (Wildman–Crippen MR) is 87.0 cm³/mol. The average molecular weight is 323 g/mol.